The summed E-state index contributed by atoms with van der Waals surface area (Å²) in [6.07, 6.45) is 4.18. The van der Waals surface area contributed by atoms with Crippen molar-refractivity contribution in [2.45, 2.75) is 45.2 Å². The number of nitrogens with zero attached hydrogens (tertiary/aromatic N) is 4. The minimum Gasteiger partial charge on any atom is -0.338 e. The zero-order valence-electron chi connectivity index (χ0n) is 12.7. The number of benzene rings is 1. The quantitative estimate of drug-likeness (QED) is 0.863. The first-order valence-corrected chi connectivity index (χ1v) is 7.82. The normalized spacial score (nSPS) is 18.6. The molecular formula is C16H20N4O2. The number of aromatic nitrogens is 3. The Labute approximate surface area is 128 Å². The summed E-state index contributed by atoms with van der Waals surface area (Å²) < 4.78 is 1.17. The summed E-state index contributed by atoms with van der Waals surface area (Å²) in [5.74, 6) is -0.0433. The smallest absolute Gasteiger partial charge is 0.278 e. The zero-order chi connectivity index (χ0) is 15.5. The molecule has 1 fully saturated rings. The molecule has 1 amide bonds. The first-order chi connectivity index (χ1) is 10.7. The van der Waals surface area contributed by atoms with Gasteiger partial charge < -0.3 is 4.90 Å². The highest BCUT2D eigenvalue weighted by Crippen LogP contribution is 2.19. The van der Waals surface area contributed by atoms with E-state index < -0.39 is 0 Å². The van der Waals surface area contributed by atoms with Crippen LogP contribution in [-0.4, -0.2) is 38.4 Å². The molecule has 3 rings (SSSR count). The van der Waals surface area contributed by atoms with E-state index in [1.54, 1.807) is 18.2 Å². The van der Waals surface area contributed by atoms with Crippen molar-refractivity contribution in [1.29, 1.82) is 0 Å². The molecule has 1 unspecified atom stereocenters. The monoisotopic (exact) mass is 300 g/mol. The molecule has 0 saturated carbocycles. The van der Waals surface area contributed by atoms with Gasteiger partial charge in [-0.3, -0.25) is 9.59 Å². The molecule has 6 heteroatoms. The van der Waals surface area contributed by atoms with Crippen LogP contribution in [0.1, 0.15) is 32.6 Å². The van der Waals surface area contributed by atoms with Crippen LogP contribution in [0.2, 0.25) is 0 Å². The van der Waals surface area contributed by atoms with Gasteiger partial charge in [-0.05, 0) is 37.8 Å². The molecule has 6 nitrogen and oxygen atoms in total. The Kier molecular flexibility index (Phi) is 4.18. The predicted octanol–water partition coefficient (Wildman–Crippen LogP) is 1.58. The minimum absolute atomic E-state index is 0.0346. The fourth-order valence-electron chi connectivity index (χ4n) is 3.10. The van der Waals surface area contributed by atoms with Crippen LogP contribution in [0.5, 0.6) is 0 Å². The summed E-state index contributed by atoms with van der Waals surface area (Å²) in [5.41, 5.74) is 0.296. The Balaban J connectivity index is 1.85. The van der Waals surface area contributed by atoms with E-state index in [2.05, 4.69) is 17.2 Å². The number of amides is 1. The maximum absolute atomic E-state index is 12.5. The molecule has 2 aromatic rings. The topological polar surface area (TPSA) is 68.1 Å². The molecule has 1 aliphatic heterocycles. The maximum Gasteiger partial charge on any atom is 0.278 e. The Morgan fingerprint density at radius 3 is 2.95 bits per heavy atom. The summed E-state index contributed by atoms with van der Waals surface area (Å²) in [5, 5.41) is 8.42. The molecule has 1 aromatic heterocycles. The molecule has 0 radical (unpaired) electrons. The Hall–Kier alpha value is -2.24. The summed E-state index contributed by atoms with van der Waals surface area (Å²) in [6.45, 7) is 2.83. The Bertz CT molecular complexity index is 740. The summed E-state index contributed by atoms with van der Waals surface area (Å²) in [7, 11) is 0. The van der Waals surface area contributed by atoms with Crippen LogP contribution in [0.4, 0.5) is 0 Å². The van der Waals surface area contributed by atoms with Gasteiger partial charge in [0.25, 0.3) is 5.56 Å². The number of rotatable bonds is 3. The predicted molar refractivity (Wildman–Crippen MR) is 83.4 cm³/mol. The fourth-order valence-corrected chi connectivity index (χ4v) is 3.10. The third-order valence-corrected chi connectivity index (χ3v) is 4.33. The van der Waals surface area contributed by atoms with Gasteiger partial charge in [0.2, 0.25) is 5.91 Å². The average molecular weight is 300 g/mol. The van der Waals surface area contributed by atoms with E-state index in [1.807, 2.05) is 11.0 Å². The van der Waals surface area contributed by atoms with Crippen molar-refractivity contribution in [2.75, 3.05) is 6.54 Å². The lowest BCUT2D eigenvalue weighted by Crippen LogP contribution is -2.46. The van der Waals surface area contributed by atoms with Gasteiger partial charge in [-0.25, -0.2) is 4.68 Å². The van der Waals surface area contributed by atoms with Crippen molar-refractivity contribution >= 4 is 16.8 Å². The molecule has 1 atom stereocenters. The Morgan fingerprint density at radius 1 is 1.32 bits per heavy atom. The number of carbonyl (C=O) groups is 1. The maximum atomic E-state index is 12.5. The molecule has 1 aliphatic rings. The number of piperidine rings is 1. The summed E-state index contributed by atoms with van der Waals surface area (Å²) in [6, 6.07) is 7.34. The van der Waals surface area contributed by atoms with E-state index in [9.17, 15) is 9.59 Å². The minimum atomic E-state index is -0.260. The average Bonchev–Trinajstić information content (AvgIpc) is 2.57. The van der Waals surface area contributed by atoms with E-state index in [4.69, 9.17) is 0 Å². The van der Waals surface area contributed by atoms with Gasteiger partial charge in [0.15, 0.2) is 0 Å². The van der Waals surface area contributed by atoms with Gasteiger partial charge in [-0.15, -0.1) is 5.10 Å². The van der Waals surface area contributed by atoms with Crippen LogP contribution in [0.25, 0.3) is 10.9 Å². The van der Waals surface area contributed by atoms with Gasteiger partial charge in [-0.2, -0.15) is 0 Å². The van der Waals surface area contributed by atoms with Crippen LogP contribution in [-0.2, 0) is 11.3 Å². The lowest BCUT2D eigenvalue weighted by molar-refractivity contribution is -0.135. The molecule has 0 N–H and O–H groups in total. The van der Waals surface area contributed by atoms with Crippen molar-refractivity contribution in [3.63, 3.8) is 0 Å². The number of carbonyl (C=O) groups excluding carboxylic acids is 1. The largest absolute Gasteiger partial charge is 0.338 e. The first kappa shape index (κ1) is 14.7. The second-order valence-electron chi connectivity index (χ2n) is 5.71. The van der Waals surface area contributed by atoms with E-state index in [0.29, 0.717) is 10.9 Å². The van der Waals surface area contributed by atoms with Crippen LogP contribution >= 0.6 is 0 Å². The van der Waals surface area contributed by atoms with E-state index in [-0.39, 0.29) is 24.1 Å². The highest BCUT2D eigenvalue weighted by Gasteiger charge is 2.25. The molecule has 0 aliphatic carbocycles. The van der Waals surface area contributed by atoms with Crippen molar-refractivity contribution in [2.24, 2.45) is 0 Å². The van der Waals surface area contributed by atoms with Gasteiger partial charge in [0, 0.05) is 12.6 Å². The van der Waals surface area contributed by atoms with Crippen LogP contribution in [0.3, 0.4) is 0 Å². The van der Waals surface area contributed by atoms with Gasteiger partial charge in [0.05, 0.1) is 5.39 Å². The number of hydrogen-bond donors (Lipinski definition) is 0. The molecule has 0 bridgehead atoms. The van der Waals surface area contributed by atoms with Crippen molar-refractivity contribution in [3.8, 4) is 0 Å². The van der Waals surface area contributed by atoms with E-state index in [0.717, 1.165) is 32.2 Å². The Morgan fingerprint density at radius 2 is 2.14 bits per heavy atom. The summed E-state index contributed by atoms with van der Waals surface area (Å²) in [4.78, 5) is 26.8. The van der Waals surface area contributed by atoms with Gasteiger partial charge >= 0.3 is 0 Å². The number of likely N-dealkylation sites (tertiary alicyclic amines) is 1. The van der Waals surface area contributed by atoms with Crippen molar-refractivity contribution < 1.29 is 4.79 Å². The standard InChI is InChI=1S/C16H20N4O2/c1-2-12-7-5-6-10-19(12)15(21)11-20-16(22)13-8-3-4-9-14(13)17-18-20/h3-4,8-9,12H,2,5-7,10-11H2,1H3. The third kappa shape index (κ3) is 2.73. The molecule has 116 valence electrons. The van der Waals surface area contributed by atoms with E-state index >= 15 is 0 Å². The number of hydrogen-bond acceptors (Lipinski definition) is 4. The molecule has 2 heterocycles. The highest BCUT2D eigenvalue weighted by molar-refractivity contribution is 5.78. The van der Waals surface area contributed by atoms with Crippen molar-refractivity contribution in [3.05, 3.63) is 34.6 Å². The number of fused-ring (bicyclic) bond motifs is 1. The SMILES string of the molecule is CCC1CCCCN1C(=O)Cn1nnc2ccccc2c1=O. The molecule has 22 heavy (non-hydrogen) atoms. The molecule has 1 saturated heterocycles. The third-order valence-electron chi connectivity index (χ3n) is 4.33. The fraction of sp³-hybridized carbons (Fsp3) is 0.500. The van der Waals surface area contributed by atoms with Crippen LogP contribution in [0, 0.1) is 0 Å². The molecular weight excluding hydrogens is 280 g/mol. The summed E-state index contributed by atoms with van der Waals surface area (Å²) >= 11 is 0. The highest BCUT2D eigenvalue weighted by atomic mass is 16.2. The lowest BCUT2D eigenvalue weighted by atomic mass is 10.00. The van der Waals surface area contributed by atoms with Gasteiger partial charge in [0.1, 0.15) is 12.1 Å². The lowest BCUT2D eigenvalue weighted by Gasteiger charge is -2.35. The molecule has 1 aromatic carbocycles. The zero-order valence-corrected chi connectivity index (χ0v) is 12.7. The second-order valence-corrected chi connectivity index (χ2v) is 5.71. The van der Waals surface area contributed by atoms with Crippen LogP contribution < -0.4 is 5.56 Å². The van der Waals surface area contributed by atoms with Gasteiger partial charge in [-0.1, -0.05) is 24.3 Å². The molecule has 0 spiro atoms. The van der Waals surface area contributed by atoms with E-state index in [1.165, 1.54) is 4.68 Å². The van der Waals surface area contributed by atoms with Crippen molar-refractivity contribution in [1.82, 2.24) is 19.9 Å². The first-order valence-electron chi connectivity index (χ1n) is 7.82. The van der Waals surface area contributed by atoms with Crippen LogP contribution in [0.15, 0.2) is 29.1 Å². The second kappa shape index (κ2) is 6.25.